The van der Waals surface area contributed by atoms with E-state index in [0.29, 0.717) is 22.5 Å². The number of furan rings is 1. The number of pyridine rings is 1. The molecule has 3 atom stereocenters. The van der Waals surface area contributed by atoms with Crippen LogP contribution in [0.2, 0.25) is 0 Å². The molecule has 0 aliphatic carbocycles. The topological polar surface area (TPSA) is 157 Å². The molecule has 3 aromatic rings. The van der Waals surface area contributed by atoms with Gasteiger partial charge in [-0.2, -0.15) is 0 Å². The average Bonchev–Trinajstić information content (AvgIpc) is 3.59. The summed E-state index contributed by atoms with van der Waals surface area (Å²) >= 11 is 0. The van der Waals surface area contributed by atoms with E-state index >= 15 is 0 Å². The zero-order valence-electron chi connectivity index (χ0n) is 19.5. The number of nitrogens with zero attached hydrogens (tertiary/aromatic N) is 3. The number of anilines is 1. The number of nitrogens with one attached hydrogen (secondary N) is 2. The van der Waals surface area contributed by atoms with Gasteiger partial charge in [0.1, 0.15) is 17.1 Å². The fraction of sp³-hybridized carbons (Fsp3) is 0.333. The fourth-order valence-corrected chi connectivity index (χ4v) is 5.13. The van der Waals surface area contributed by atoms with Gasteiger partial charge in [-0.05, 0) is 23.8 Å². The lowest BCUT2D eigenvalue weighted by atomic mass is 9.94. The number of ether oxygens (including phenoxy) is 1. The van der Waals surface area contributed by atoms with Gasteiger partial charge in [0.15, 0.2) is 28.9 Å². The number of halogens is 1. The van der Waals surface area contributed by atoms with Gasteiger partial charge in [-0.15, -0.1) is 0 Å². The average molecular weight is 511 g/mol. The van der Waals surface area contributed by atoms with Crippen LogP contribution in [-0.2, 0) is 16.9 Å². The molecule has 0 spiro atoms. The van der Waals surface area contributed by atoms with Crippen molar-refractivity contribution in [2.75, 3.05) is 25.1 Å². The number of aliphatic hydroxyl groups excluding tert-OH is 2. The Morgan fingerprint density at radius 1 is 1.24 bits per heavy atom. The predicted molar refractivity (Wildman–Crippen MR) is 124 cm³/mol. The molecule has 3 unspecified atom stereocenters. The summed E-state index contributed by atoms with van der Waals surface area (Å²) in [6.45, 7) is -0.0866. The number of methoxy groups -OCH3 is 1. The number of carbonyl (C=O) groups excluding carboxylic acids is 3. The molecule has 2 saturated heterocycles. The normalized spacial score (nSPS) is 25.1. The van der Waals surface area contributed by atoms with Crippen molar-refractivity contribution in [3.05, 3.63) is 53.0 Å². The Balaban J connectivity index is 1.36. The van der Waals surface area contributed by atoms with Gasteiger partial charge in [-0.3, -0.25) is 14.5 Å². The summed E-state index contributed by atoms with van der Waals surface area (Å²) in [6, 6.07) is 6.99. The van der Waals surface area contributed by atoms with Crippen molar-refractivity contribution >= 4 is 34.8 Å². The number of β-amino-alcohol motifs (C(OH)–C–C–N with tert-alkyl or cyclic N) is 1. The molecule has 0 bridgehead atoms. The number of amides is 4. The first-order valence-corrected chi connectivity index (χ1v) is 11.5. The van der Waals surface area contributed by atoms with E-state index in [1.165, 1.54) is 29.0 Å². The van der Waals surface area contributed by atoms with Crippen LogP contribution in [0.1, 0.15) is 28.1 Å². The summed E-state index contributed by atoms with van der Waals surface area (Å²) in [7, 11) is 1.30. The molecule has 13 heteroatoms. The number of hydrogen-bond acceptors (Lipinski definition) is 8. The highest BCUT2D eigenvalue weighted by Crippen LogP contribution is 2.37. The molecule has 3 aliphatic rings. The molecule has 1 aromatic carbocycles. The summed E-state index contributed by atoms with van der Waals surface area (Å²) in [5.41, 5.74) is -0.657. The summed E-state index contributed by atoms with van der Waals surface area (Å²) in [4.78, 5) is 44.8. The van der Waals surface area contributed by atoms with Gasteiger partial charge in [-0.25, -0.2) is 14.2 Å². The Labute approximate surface area is 208 Å². The zero-order valence-corrected chi connectivity index (χ0v) is 19.5. The number of hydrogen-bond donors (Lipinski definition) is 4. The van der Waals surface area contributed by atoms with Crippen molar-refractivity contribution in [1.82, 2.24) is 20.5 Å². The molecular formula is C24H22FN5O7. The number of rotatable bonds is 5. The van der Waals surface area contributed by atoms with Crippen molar-refractivity contribution in [2.24, 2.45) is 0 Å². The summed E-state index contributed by atoms with van der Waals surface area (Å²) in [6.07, 6.45) is -2.27. The third-order valence-electron chi connectivity index (χ3n) is 6.97. The molecule has 37 heavy (non-hydrogen) atoms. The molecule has 2 aromatic heterocycles. The summed E-state index contributed by atoms with van der Waals surface area (Å²) < 4.78 is 25.8. The second kappa shape index (κ2) is 8.15. The predicted octanol–water partition coefficient (Wildman–Crippen LogP) is 0.556. The van der Waals surface area contributed by atoms with E-state index in [4.69, 9.17) is 9.15 Å². The van der Waals surface area contributed by atoms with Crippen LogP contribution < -0.4 is 20.3 Å². The Hall–Kier alpha value is -4.23. The fourth-order valence-electron chi connectivity index (χ4n) is 5.13. The quantitative estimate of drug-likeness (QED) is 0.387. The molecule has 6 rings (SSSR count). The zero-order chi connectivity index (χ0) is 26.1. The van der Waals surface area contributed by atoms with Gasteiger partial charge >= 0.3 is 6.03 Å². The van der Waals surface area contributed by atoms with E-state index in [0.717, 1.165) is 0 Å². The Kier molecular flexibility index (Phi) is 5.10. The van der Waals surface area contributed by atoms with Crippen LogP contribution in [-0.4, -0.2) is 70.5 Å². The number of fused-ring (bicyclic) bond motifs is 2. The molecule has 4 amide bonds. The van der Waals surface area contributed by atoms with Crippen LogP contribution in [0.3, 0.4) is 0 Å². The second-order valence-electron chi connectivity index (χ2n) is 9.28. The SMILES string of the molecule is COc1ccc2c(c1F)C(=O)N(CC1(c3cc4nc(N5CC(O)CC5=O)ccc4o3)NC(=O)NC1O)C2. The van der Waals surface area contributed by atoms with Crippen molar-refractivity contribution in [3.8, 4) is 5.75 Å². The maximum absolute atomic E-state index is 14.9. The largest absolute Gasteiger partial charge is 0.494 e. The van der Waals surface area contributed by atoms with Crippen LogP contribution in [0.4, 0.5) is 15.0 Å². The Morgan fingerprint density at radius 2 is 2.05 bits per heavy atom. The minimum absolute atomic E-state index is 0.00206. The maximum Gasteiger partial charge on any atom is 0.317 e. The number of aromatic nitrogens is 1. The minimum Gasteiger partial charge on any atom is -0.494 e. The number of urea groups is 1. The van der Waals surface area contributed by atoms with E-state index in [9.17, 15) is 29.0 Å². The third kappa shape index (κ3) is 3.49. The lowest BCUT2D eigenvalue weighted by Crippen LogP contribution is -2.54. The molecule has 192 valence electrons. The van der Waals surface area contributed by atoms with Gasteiger partial charge in [-0.1, -0.05) is 6.07 Å². The van der Waals surface area contributed by atoms with Gasteiger partial charge in [0.05, 0.1) is 38.3 Å². The van der Waals surface area contributed by atoms with Crippen LogP contribution in [0.25, 0.3) is 11.1 Å². The highest BCUT2D eigenvalue weighted by Gasteiger charge is 2.53. The molecular weight excluding hydrogens is 489 g/mol. The first kappa shape index (κ1) is 23.2. The first-order valence-electron chi connectivity index (χ1n) is 11.5. The van der Waals surface area contributed by atoms with Gasteiger partial charge < -0.3 is 34.9 Å². The Morgan fingerprint density at radius 3 is 2.73 bits per heavy atom. The first-order chi connectivity index (χ1) is 17.7. The van der Waals surface area contributed by atoms with Crippen molar-refractivity contribution in [1.29, 1.82) is 0 Å². The third-order valence-corrected chi connectivity index (χ3v) is 6.97. The Bertz CT molecular complexity index is 1480. The van der Waals surface area contributed by atoms with E-state index in [2.05, 4.69) is 15.6 Å². The van der Waals surface area contributed by atoms with Crippen LogP contribution >= 0.6 is 0 Å². The van der Waals surface area contributed by atoms with E-state index < -0.39 is 35.6 Å². The number of aliphatic hydroxyl groups is 2. The smallest absolute Gasteiger partial charge is 0.317 e. The standard InChI is InChI=1S/C24H22FN5O7/c1-36-15-3-2-11-8-29(21(33)19(11)20(15)25)10-24(22(34)27-23(35)28-24)16-7-13-14(37-16)4-5-17(26-13)30-9-12(31)6-18(30)32/h2-5,7,12,22,31,34H,6,8-10H2,1H3,(H2,27,28,35). The second-order valence-corrected chi connectivity index (χ2v) is 9.28. The molecule has 12 nitrogen and oxygen atoms in total. The maximum atomic E-state index is 14.9. The minimum atomic E-state index is -1.62. The van der Waals surface area contributed by atoms with E-state index in [1.807, 2.05) is 0 Å². The van der Waals surface area contributed by atoms with E-state index in [1.54, 1.807) is 18.2 Å². The van der Waals surface area contributed by atoms with E-state index in [-0.39, 0.29) is 49.0 Å². The molecule has 3 aliphatic heterocycles. The van der Waals surface area contributed by atoms with Crippen molar-refractivity contribution in [3.63, 3.8) is 0 Å². The molecule has 5 heterocycles. The number of benzene rings is 1. The van der Waals surface area contributed by atoms with Gasteiger partial charge in [0, 0.05) is 12.6 Å². The lowest BCUT2D eigenvalue weighted by Gasteiger charge is -2.33. The van der Waals surface area contributed by atoms with Gasteiger partial charge in [0.25, 0.3) is 5.91 Å². The van der Waals surface area contributed by atoms with Crippen LogP contribution in [0.5, 0.6) is 5.75 Å². The van der Waals surface area contributed by atoms with Crippen LogP contribution in [0.15, 0.2) is 34.7 Å². The molecule has 0 saturated carbocycles. The number of carbonyl (C=O) groups is 3. The summed E-state index contributed by atoms with van der Waals surface area (Å²) in [5.74, 6) is -1.31. The highest BCUT2D eigenvalue weighted by molar-refractivity contribution is 5.99. The highest BCUT2D eigenvalue weighted by atomic mass is 19.1. The lowest BCUT2D eigenvalue weighted by molar-refractivity contribution is -0.117. The monoisotopic (exact) mass is 511 g/mol. The molecule has 0 radical (unpaired) electrons. The molecule has 4 N–H and O–H groups in total. The van der Waals surface area contributed by atoms with Crippen molar-refractivity contribution < 1.29 is 38.1 Å². The van der Waals surface area contributed by atoms with Gasteiger partial charge in [0.2, 0.25) is 5.91 Å². The van der Waals surface area contributed by atoms with Crippen molar-refractivity contribution in [2.45, 2.75) is 30.8 Å². The molecule has 2 fully saturated rings. The summed E-state index contributed by atoms with van der Waals surface area (Å²) in [5, 5.41) is 25.7. The van der Waals surface area contributed by atoms with Crippen LogP contribution in [0, 0.1) is 5.82 Å².